The standard InChI is InChI=1S/C13H24N2O4S/c1-20-13(5-3-2-4-6-13)10-15-12(18)14-7-8-19-9-11(16)17/h2-10H2,1H3,(H,16,17)(H2,14,15,18). The summed E-state index contributed by atoms with van der Waals surface area (Å²) in [5, 5.41) is 13.9. The number of hydrogen-bond donors (Lipinski definition) is 3. The van der Waals surface area contributed by atoms with E-state index in [0.29, 0.717) is 13.1 Å². The molecule has 0 heterocycles. The predicted molar refractivity (Wildman–Crippen MR) is 79.2 cm³/mol. The van der Waals surface area contributed by atoms with Crippen molar-refractivity contribution in [1.29, 1.82) is 0 Å². The molecule has 0 aromatic rings. The Morgan fingerprint density at radius 3 is 2.55 bits per heavy atom. The number of nitrogens with one attached hydrogen (secondary N) is 2. The van der Waals surface area contributed by atoms with Crippen molar-refractivity contribution in [3.8, 4) is 0 Å². The monoisotopic (exact) mass is 304 g/mol. The first kappa shape index (κ1) is 17.1. The number of carbonyl (C=O) groups excluding carboxylic acids is 1. The number of amides is 2. The van der Waals surface area contributed by atoms with E-state index < -0.39 is 5.97 Å². The number of carbonyl (C=O) groups is 2. The van der Waals surface area contributed by atoms with Crippen molar-refractivity contribution in [2.24, 2.45) is 0 Å². The van der Waals surface area contributed by atoms with Gasteiger partial charge in [-0.1, -0.05) is 19.3 Å². The molecule has 0 saturated heterocycles. The Morgan fingerprint density at radius 1 is 1.25 bits per heavy atom. The van der Waals surface area contributed by atoms with Crippen molar-refractivity contribution in [2.75, 3.05) is 32.6 Å². The minimum Gasteiger partial charge on any atom is -0.480 e. The van der Waals surface area contributed by atoms with Crippen LogP contribution < -0.4 is 10.6 Å². The maximum Gasteiger partial charge on any atom is 0.329 e. The second kappa shape index (κ2) is 9.07. The predicted octanol–water partition coefficient (Wildman–Crippen LogP) is 1.45. The van der Waals surface area contributed by atoms with Gasteiger partial charge in [0.1, 0.15) is 6.61 Å². The van der Waals surface area contributed by atoms with Crippen molar-refractivity contribution in [3.05, 3.63) is 0 Å². The zero-order valence-electron chi connectivity index (χ0n) is 11.9. The first-order chi connectivity index (χ1) is 9.58. The molecule has 0 aliphatic heterocycles. The summed E-state index contributed by atoms with van der Waals surface area (Å²) in [5.74, 6) is -1.01. The molecular formula is C13H24N2O4S. The molecule has 20 heavy (non-hydrogen) atoms. The molecular weight excluding hydrogens is 280 g/mol. The third-order valence-corrected chi connectivity index (χ3v) is 4.95. The van der Waals surface area contributed by atoms with E-state index in [1.807, 2.05) is 11.8 Å². The van der Waals surface area contributed by atoms with Gasteiger partial charge in [0.15, 0.2) is 0 Å². The van der Waals surface area contributed by atoms with Gasteiger partial charge in [-0.05, 0) is 19.1 Å². The van der Waals surface area contributed by atoms with Crippen LogP contribution in [0.1, 0.15) is 32.1 Å². The average molecular weight is 304 g/mol. The minimum absolute atomic E-state index is 0.176. The Morgan fingerprint density at radius 2 is 1.95 bits per heavy atom. The van der Waals surface area contributed by atoms with Gasteiger partial charge in [-0.2, -0.15) is 11.8 Å². The van der Waals surface area contributed by atoms with Crippen molar-refractivity contribution >= 4 is 23.8 Å². The fraction of sp³-hybridized carbons (Fsp3) is 0.846. The van der Waals surface area contributed by atoms with Crippen LogP contribution in [0, 0.1) is 0 Å². The van der Waals surface area contributed by atoms with E-state index in [0.717, 1.165) is 12.8 Å². The number of hydrogen-bond acceptors (Lipinski definition) is 4. The number of rotatable bonds is 8. The molecule has 1 aliphatic carbocycles. The molecule has 3 N–H and O–H groups in total. The summed E-state index contributed by atoms with van der Waals surface area (Å²) >= 11 is 1.84. The van der Waals surface area contributed by atoms with Crippen LogP contribution in [0.25, 0.3) is 0 Å². The van der Waals surface area contributed by atoms with Crippen LogP contribution in [0.5, 0.6) is 0 Å². The van der Waals surface area contributed by atoms with Crippen LogP contribution in [0.2, 0.25) is 0 Å². The fourth-order valence-electron chi connectivity index (χ4n) is 2.35. The summed E-state index contributed by atoms with van der Waals surface area (Å²) in [6.45, 7) is 0.855. The molecule has 0 aromatic heterocycles. The van der Waals surface area contributed by atoms with Gasteiger partial charge in [-0.3, -0.25) is 0 Å². The molecule has 116 valence electrons. The second-order valence-corrected chi connectivity index (χ2v) is 6.28. The lowest BCUT2D eigenvalue weighted by atomic mass is 9.88. The molecule has 1 saturated carbocycles. The third-order valence-electron chi connectivity index (χ3n) is 3.53. The molecule has 7 heteroatoms. The minimum atomic E-state index is -1.01. The Hall–Kier alpha value is -0.950. The number of thioether (sulfide) groups is 1. The molecule has 0 aromatic carbocycles. The smallest absolute Gasteiger partial charge is 0.329 e. The van der Waals surface area contributed by atoms with E-state index in [1.54, 1.807) is 0 Å². The van der Waals surface area contributed by atoms with Crippen LogP contribution in [0.3, 0.4) is 0 Å². The molecule has 2 amide bonds. The summed E-state index contributed by atoms with van der Waals surface area (Å²) < 4.78 is 5.01. The topological polar surface area (TPSA) is 87.7 Å². The summed E-state index contributed by atoms with van der Waals surface area (Å²) in [5.41, 5.74) is 0. The first-order valence-corrected chi connectivity index (χ1v) is 8.17. The van der Waals surface area contributed by atoms with Gasteiger partial charge in [-0.15, -0.1) is 0 Å². The van der Waals surface area contributed by atoms with Gasteiger partial charge >= 0.3 is 12.0 Å². The molecule has 0 radical (unpaired) electrons. The molecule has 0 spiro atoms. The fourth-order valence-corrected chi connectivity index (χ4v) is 3.26. The lowest BCUT2D eigenvalue weighted by molar-refractivity contribution is -0.142. The van der Waals surface area contributed by atoms with Gasteiger partial charge in [0, 0.05) is 17.8 Å². The SMILES string of the molecule is CSC1(CNC(=O)NCCOCC(=O)O)CCCCC1. The van der Waals surface area contributed by atoms with Gasteiger partial charge in [0.2, 0.25) is 0 Å². The Kier molecular flexibility index (Phi) is 7.76. The Balaban J connectivity index is 2.13. The molecule has 0 unspecified atom stereocenters. The Bertz CT molecular complexity index is 319. The molecule has 0 atom stereocenters. The highest BCUT2D eigenvalue weighted by atomic mass is 32.2. The lowest BCUT2D eigenvalue weighted by Gasteiger charge is -2.35. The summed E-state index contributed by atoms with van der Waals surface area (Å²) in [4.78, 5) is 21.9. The molecule has 1 aliphatic rings. The number of aliphatic carboxylic acids is 1. The van der Waals surface area contributed by atoms with Gasteiger partial charge in [-0.25, -0.2) is 9.59 Å². The zero-order chi connectivity index (χ0) is 14.8. The van der Waals surface area contributed by atoms with Crippen LogP contribution in [-0.4, -0.2) is 54.4 Å². The Labute approximate surface area is 124 Å². The second-order valence-electron chi connectivity index (χ2n) is 5.00. The van der Waals surface area contributed by atoms with Crippen molar-refractivity contribution in [2.45, 2.75) is 36.9 Å². The van der Waals surface area contributed by atoms with Crippen molar-refractivity contribution in [1.82, 2.24) is 10.6 Å². The highest BCUT2D eigenvalue weighted by Gasteiger charge is 2.31. The quantitative estimate of drug-likeness (QED) is 0.591. The first-order valence-electron chi connectivity index (χ1n) is 6.94. The van der Waals surface area contributed by atoms with Crippen LogP contribution in [0.4, 0.5) is 4.79 Å². The number of ether oxygens (including phenoxy) is 1. The van der Waals surface area contributed by atoms with E-state index in [9.17, 15) is 9.59 Å². The highest BCUT2D eigenvalue weighted by molar-refractivity contribution is 8.00. The number of urea groups is 1. The van der Waals surface area contributed by atoms with Crippen LogP contribution in [0.15, 0.2) is 0 Å². The van der Waals surface area contributed by atoms with Gasteiger partial charge in [0.25, 0.3) is 0 Å². The average Bonchev–Trinajstić information content (AvgIpc) is 2.45. The van der Waals surface area contributed by atoms with Gasteiger partial charge in [0.05, 0.1) is 6.61 Å². The maximum atomic E-state index is 11.6. The molecule has 0 bridgehead atoms. The number of carboxylic acids is 1. The highest BCUT2D eigenvalue weighted by Crippen LogP contribution is 2.37. The third kappa shape index (κ3) is 6.47. The van der Waals surface area contributed by atoms with Crippen LogP contribution >= 0.6 is 11.8 Å². The molecule has 6 nitrogen and oxygen atoms in total. The van der Waals surface area contributed by atoms with E-state index >= 15 is 0 Å². The summed E-state index contributed by atoms with van der Waals surface area (Å²) in [7, 11) is 0. The summed E-state index contributed by atoms with van der Waals surface area (Å²) in [6.07, 6.45) is 8.15. The molecule has 1 rings (SSSR count). The van der Waals surface area contributed by atoms with E-state index in [-0.39, 0.29) is 24.0 Å². The van der Waals surface area contributed by atoms with Crippen molar-refractivity contribution < 1.29 is 19.4 Å². The van der Waals surface area contributed by atoms with Crippen molar-refractivity contribution in [3.63, 3.8) is 0 Å². The number of carboxylic acid groups (broad SMARTS) is 1. The normalized spacial score (nSPS) is 17.4. The van der Waals surface area contributed by atoms with E-state index in [1.165, 1.54) is 19.3 Å². The summed E-state index contributed by atoms with van der Waals surface area (Å²) in [6, 6.07) is -0.220. The van der Waals surface area contributed by atoms with E-state index in [4.69, 9.17) is 9.84 Å². The van der Waals surface area contributed by atoms with Gasteiger partial charge < -0.3 is 20.5 Å². The van der Waals surface area contributed by atoms with Crippen LogP contribution in [-0.2, 0) is 9.53 Å². The molecule has 1 fully saturated rings. The largest absolute Gasteiger partial charge is 0.480 e. The zero-order valence-corrected chi connectivity index (χ0v) is 12.8. The lowest BCUT2D eigenvalue weighted by Crippen LogP contribution is -2.46. The van der Waals surface area contributed by atoms with E-state index in [2.05, 4.69) is 16.9 Å². The maximum absolute atomic E-state index is 11.6.